The molecule has 9 rings (SSSR count). The van der Waals surface area contributed by atoms with Crippen molar-refractivity contribution in [3.05, 3.63) is 146 Å². The van der Waals surface area contributed by atoms with E-state index in [0.29, 0.717) is 5.58 Å². The van der Waals surface area contributed by atoms with Gasteiger partial charge in [-0.3, -0.25) is 0 Å². The van der Waals surface area contributed by atoms with Crippen LogP contribution in [-0.4, -0.2) is 9.97 Å². The lowest BCUT2D eigenvalue weighted by Gasteiger charge is -2.09. The lowest BCUT2D eigenvalue weighted by molar-refractivity contribution is 0.667. The van der Waals surface area contributed by atoms with Crippen molar-refractivity contribution in [2.24, 2.45) is 0 Å². The largest absolute Gasteiger partial charge is 0.452 e. The summed E-state index contributed by atoms with van der Waals surface area (Å²) < 4.78 is 9.10. The number of hydrogen-bond acceptors (Lipinski definition) is 4. The van der Waals surface area contributed by atoms with Gasteiger partial charge in [0.25, 0.3) is 0 Å². The van der Waals surface area contributed by atoms with E-state index >= 15 is 0 Å². The van der Waals surface area contributed by atoms with Crippen LogP contribution in [0, 0.1) is 0 Å². The third-order valence-electron chi connectivity index (χ3n) is 8.41. The zero-order valence-electron chi connectivity index (χ0n) is 23.6. The molecule has 0 saturated carbocycles. The summed E-state index contributed by atoms with van der Waals surface area (Å²) in [7, 11) is 0. The van der Waals surface area contributed by atoms with Gasteiger partial charge in [-0.15, -0.1) is 11.3 Å². The van der Waals surface area contributed by atoms with Gasteiger partial charge in [-0.05, 0) is 57.6 Å². The van der Waals surface area contributed by atoms with Crippen molar-refractivity contribution in [1.82, 2.24) is 9.97 Å². The lowest BCUT2D eigenvalue weighted by atomic mass is 9.96. The summed E-state index contributed by atoms with van der Waals surface area (Å²) in [5, 5.41) is 3.64. The molecule has 0 N–H and O–H groups in total. The van der Waals surface area contributed by atoms with Gasteiger partial charge in [-0.1, -0.05) is 115 Å². The van der Waals surface area contributed by atoms with Gasteiger partial charge in [-0.25, -0.2) is 9.97 Å². The molecule has 3 nitrogen and oxygen atoms in total. The molecule has 206 valence electrons. The van der Waals surface area contributed by atoms with Crippen LogP contribution in [0.15, 0.2) is 150 Å². The van der Waals surface area contributed by atoms with E-state index in [1.807, 2.05) is 29.5 Å². The van der Waals surface area contributed by atoms with Crippen molar-refractivity contribution in [1.29, 1.82) is 0 Å². The fourth-order valence-corrected chi connectivity index (χ4v) is 7.61. The zero-order valence-corrected chi connectivity index (χ0v) is 24.4. The Kier molecular flexibility index (Phi) is 5.68. The van der Waals surface area contributed by atoms with E-state index in [2.05, 4.69) is 121 Å². The summed E-state index contributed by atoms with van der Waals surface area (Å²) in [5.74, 6) is 0. The molecule has 0 saturated heterocycles. The van der Waals surface area contributed by atoms with Crippen molar-refractivity contribution in [2.75, 3.05) is 0 Å². The van der Waals surface area contributed by atoms with Crippen molar-refractivity contribution < 1.29 is 4.42 Å². The highest BCUT2D eigenvalue weighted by molar-refractivity contribution is 7.26. The Labute approximate surface area is 257 Å². The molecule has 6 aromatic carbocycles. The van der Waals surface area contributed by atoms with E-state index in [1.54, 1.807) is 6.33 Å². The molecule has 0 bridgehead atoms. The maximum absolute atomic E-state index is 6.46. The van der Waals surface area contributed by atoms with Crippen LogP contribution in [0.3, 0.4) is 0 Å². The van der Waals surface area contributed by atoms with E-state index in [-0.39, 0.29) is 0 Å². The molecule has 0 atom stereocenters. The van der Waals surface area contributed by atoms with Gasteiger partial charge in [0.2, 0.25) is 0 Å². The zero-order chi connectivity index (χ0) is 29.0. The number of rotatable bonds is 4. The predicted octanol–water partition coefficient (Wildman–Crippen LogP) is 11.4. The third kappa shape index (κ3) is 3.96. The van der Waals surface area contributed by atoms with Crippen LogP contribution in [0.25, 0.3) is 86.9 Å². The van der Waals surface area contributed by atoms with Gasteiger partial charge in [0.15, 0.2) is 5.58 Å². The summed E-state index contributed by atoms with van der Waals surface area (Å²) in [6.45, 7) is 0. The fraction of sp³-hybridized carbons (Fsp3) is 0. The summed E-state index contributed by atoms with van der Waals surface area (Å²) in [5.41, 5.74) is 11.1. The average Bonchev–Trinajstić information content (AvgIpc) is 3.67. The predicted molar refractivity (Wildman–Crippen MR) is 184 cm³/mol. The van der Waals surface area contributed by atoms with Crippen molar-refractivity contribution in [2.45, 2.75) is 0 Å². The van der Waals surface area contributed by atoms with Crippen molar-refractivity contribution >= 4 is 53.6 Å². The molecule has 4 heteroatoms. The Morgan fingerprint density at radius 2 is 1.16 bits per heavy atom. The van der Waals surface area contributed by atoms with E-state index in [0.717, 1.165) is 50.0 Å². The highest BCUT2D eigenvalue weighted by atomic mass is 32.1. The van der Waals surface area contributed by atoms with Gasteiger partial charge in [0.05, 0.1) is 5.39 Å². The molecule has 0 spiro atoms. The Balaban J connectivity index is 1.16. The molecular weight excluding hydrogens is 557 g/mol. The second-order valence-electron chi connectivity index (χ2n) is 11.0. The maximum atomic E-state index is 6.46. The number of fused-ring (bicyclic) bond motifs is 6. The lowest BCUT2D eigenvalue weighted by Crippen LogP contribution is -1.88. The number of benzene rings is 6. The molecular formula is C40H24N2OS. The van der Waals surface area contributed by atoms with Crippen LogP contribution in [0.1, 0.15) is 0 Å². The average molecular weight is 581 g/mol. The van der Waals surface area contributed by atoms with Gasteiger partial charge in [0.1, 0.15) is 23.1 Å². The first kappa shape index (κ1) is 25.0. The maximum Gasteiger partial charge on any atom is 0.180 e. The number of furan rings is 1. The van der Waals surface area contributed by atoms with Crippen LogP contribution in [0.5, 0.6) is 0 Å². The topological polar surface area (TPSA) is 38.9 Å². The molecule has 0 unspecified atom stereocenters. The number of thiophene rings is 1. The first-order valence-electron chi connectivity index (χ1n) is 14.6. The summed E-state index contributed by atoms with van der Waals surface area (Å²) in [6.07, 6.45) is 1.65. The highest BCUT2D eigenvalue weighted by Crippen LogP contribution is 2.42. The SMILES string of the molecule is c1ccc(-c2cccc3oc4c(-c5cccc(-c6cccc(-c7cccc8c7sc7ccccc78)c6)c5)ncnc4c23)cc1. The Bertz CT molecular complexity index is 2510. The van der Waals surface area contributed by atoms with Crippen LogP contribution < -0.4 is 0 Å². The number of hydrogen-bond donors (Lipinski definition) is 0. The van der Waals surface area contributed by atoms with E-state index < -0.39 is 0 Å². The van der Waals surface area contributed by atoms with Gasteiger partial charge >= 0.3 is 0 Å². The first-order chi connectivity index (χ1) is 21.8. The third-order valence-corrected chi connectivity index (χ3v) is 9.63. The van der Waals surface area contributed by atoms with Crippen LogP contribution in [0.4, 0.5) is 0 Å². The molecule has 0 aliphatic rings. The van der Waals surface area contributed by atoms with Crippen molar-refractivity contribution in [3.8, 4) is 44.6 Å². The van der Waals surface area contributed by atoms with Gasteiger partial charge < -0.3 is 4.42 Å². The molecule has 3 aromatic heterocycles. The molecule has 0 amide bonds. The van der Waals surface area contributed by atoms with Crippen LogP contribution >= 0.6 is 11.3 Å². The minimum Gasteiger partial charge on any atom is -0.452 e. The van der Waals surface area contributed by atoms with E-state index in [1.165, 1.54) is 31.3 Å². The first-order valence-corrected chi connectivity index (χ1v) is 15.5. The van der Waals surface area contributed by atoms with Crippen LogP contribution in [-0.2, 0) is 0 Å². The Hall–Kier alpha value is -5.58. The van der Waals surface area contributed by atoms with Gasteiger partial charge in [0, 0.05) is 25.7 Å². The van der Waals surface area contributed by atoms with E-state index in [9.17, 15) is 0 Å². The molecule has 0 aliphatic heterocycles. The highest BCUT2D eigenvalue weighted by Gasteiger charge is 2.18. The van der Waals surface area contributed by atoms with Crippen LogP contribution in [0.2, 0.25) is 0 Å². The molecule has 44 heavy (non-hydrogen) atoms. The second-order valence-corrected chi connectivity index (χ2v) is 12.0. The smallest absolute Gasteiger partial charge is 0.180 e. The quantitative estimate of drug-likeness (QED) is 0.208. The summed E-state index contributed by atoms with van der Waals surface area (Å²) >= 11 is 1.86. The fourth-order valence-electron chi connectivity index (χ4n) is 6.37. The molecule has 0 aliphatic carbocycles. The van der Waals surface area contributed by atoms with Gasteiger partial charge in [-0.2, -0.15) is 0 Å². The second kappa shape index (κ2) is 10.0. The van der Waals surface area contributed by atoms with Crippen molar-refractivity contribution in [3.63, 3.8) is 0 Å². The summed E-state index contributed by atoms with van der Waals surface area (Å²) in [6, 6.07) is 49.2. The number of nitrogens with zero attached hydrogens (tertiary/aromatic N) is 2. The molecule has 3 heterocycles. The monoisotopic (exact) mass is 580 g/mol. The standard InChI is InChI=1S/C40H24N2OS/c1-2-10-25(11-3-1)30-17-9-20-34-36(30)38-39(43-34)37(41-24-42-38)29-15-7-13-27(23-29)26-12-6-14-28(22-26)31-18-8-19-33-32-16-4-5-21-35(32)44-40(31)33/h1-24H. The normalized spacial score (nSPS) is 11.6. The Morgan fingerprint density at radius 3 is 2.05 bits per heavy atom. The molecule has 0 fully saturated rings. The molecule has 0 radical (unpaired) electrons. The minimum atomic E-state index is 0.702. The Morgan fingerprint density at radius 1 is 0.500 bits per heavy atom. The summed E-state index contributed by atoms with van der Waals surface area (Å²) in [4.78, 5) is 9.43. The molecule has 9 aromatic rings. The minimum absolute atomic E-state index is 0.702. The number of aromatic nitrogens is 2. The van der Waals surface area contributed by atoms with E-state index in [4.69, 9.17) is 14.4 Å².